The Labute approximate surface area is 137 Å². The molecule has 1 aliphatic rings. The van der Waals surface area contributed by atoms with E-state index >= 15 is 0 Å². The Balaban J connectivity index is 1.71. The second-order valence-corrected chi connectivity index (χ2v) is 6.00. The Morgan fingerprint density at radius 2 is 2.04 bits per heavy atom. The van der Waals surface area contributed by atoms with Gasteiger partial charge in [-0.1, -0.05) is 0 Å². The lowest BCUT2D eigenvalue weighted by atomic mass is 10.1. The van der Waals surface area contributed by atoms with Gasteiger partial charge in [-0.05, 0) is 57.0 Å². The molecule has 0 radical (unpaired) electrons. The molecule has 6 nitrogen and oxygen atoms in total. The molecule has 1 aromatic rings. The zero-order valence-corrected chi connectivity index (χ0v) is 13.6. The van der Waals surface area contributed by atoms with Gasteiger partial charge in [0.1, 0.15) is 0 Å². The van der Waals surface area contributed by atoms with E-state index in [1.165, 1.54) is 6.42 Å². The predicted octanol–water partition coefficient (Wildman–Crippen LogP) is 1.61. The number of amides is 2. The lowest BCUT2D eigenvalue weighted by molar-refractivity contribution is -0.117. The predicted molar refractivity (Wildman–Crippen MR) is 89.3 cm³/mol. The standard InChI is InChI=1S/C17H25N3O3/c1-20(10-9-15-4-2-3-11-23-15)12-16(21)19-14-7-5-13(6-8-14)17(18)22/h5-8,15H,2-4,9-12H2,1H3,(H2,18,22)(H,19,21)/t15-/m0/s1. The van der Waals surface area contributed by atoms with Gasteiger partial charge in [-0.25, -0.2) is 0 Å². The van der Waals surface area contributed by atoms with Gasteiger partial charge in [-0.15, -0.1) is 0 Å². The largest absolute Gasteiger partial charge is 0.378 e. The molecule has 2 rings (SSSR count). The quantitative estimate of drug-likeness (QED) is 0.800. The molecule has 126 valence electrons. The average Bonchev–Trinajstić information content (AvgIpc) is 2.54. The molecule has 1 atom stereocenters. The van der Waals surface area contributed by atoms with Crippen molar-refractivity contribution in [2.75, 3.05) is 32.1 Å². The fourth-order valence-corrected chi connectivity index (χ4v) is 2.64. The van der Waals surface area contributed by atoms with Crippen LogP contribution in [-0.2, 0) is 9.53 Å². The number of primary amides is 1. The molecule has 23 heavy (non-hydrogen) atoms. The number of rotatable bonds is 7. The molecule has 0 aromatic heterocycles. The second kappa shape index (κ2) is 8.64. The van der Waals surface area contributed by atoms with Gasteiger partial charge in [0.05, 0.1) is 12.6 Å². The van der Waals surface area contributed by atoms with E-state index in [0.717, 1.165) is 32.4 Å². The van der Waals surface area contributed by atoms with Gasteiger partial charge in [-0.3, -0.25) is 14.5 Å². The summed E-state index contributed by atoms with van der Waals surface area (Å²) in [4.78, 5) is 25.0. The van der Waals surface area contributed by atoms with Crippen LogP contribution in [0.1, 0.15) is 36.0 Å². The molecule has 0 aliphatic carbocycles. The molecule has 1 aliphatic heterocycles. The Kier molecular flexibility index (Phi) is 6.55. The van der Waals surface area contributed by atoms with Crippen LogP contribution in [0, 0.1) is 0 Å². The number of nitrogens with zero attached hydrogens (tertiary/aromatic N) is 1. The van der Waals surface area contributed by atoms with Crippen LogP contribution in [0.15, 0.2) is 24.3 Å². The van der Waals surface area contributed by atoms with E-state index in [4.69, 9.17) is 10.5 Å². The second-order valence-electron chi connectivity index (χ2n) is 6.00. The SMILES string of the molecule is CN(CC[C@@H]1CCCCO1)CC(=O)Nc1ccc(C(N)=O)cc1. The van der Waals surface area contributed by atoms with Crippen LogP contribution in [0.5, 0.6) is 0 Å². The van der Waals surface area contributed by atoms with Gasteiger partial charge >= 0.3 is 0 Å². The summed E-state index contributed by atoms with van der Waals surface area (Å²) in [5.41, 5.74) is 6.26. The van der Waals surface area contributed by atoms with Gasteiger partial charge in [0, 0.05) is 24.4 Å². The Bertz CT molecular complexity index is 524. The van der Waals surface area contributed by atoms with Gasteiger partial charge < -0.3 is 15.8 Å². The first-order chi connectivity index (χ1) is 11.0. The lowest BCUT2D eigenvalue weighted by Gasteiger charge is -2.25. The highest BCUT2D eigenvalue weighted by atomic mass is 16.5. The maximum Gasteiger partial charge on any atom is 0.248 e. The topological polar surface area (TPSA) is 84.7 Å². The van der Waals surface area contributed by atoms with Crippen molar-refractivity contribution in [1.29, 1.82) is 0 Å². The number of likely N-dealkylation sites (N-methyl/N-ethyl adjacent to an activating group) is 1. The highest BCUT2D eigenvalue weighted by Gasteiger charge is 2.15. The third-order valence-electron chi connectivity index (χ3n) is 3.97. The fourth-order valence-electron chi connectivity index (χ4n) is 2.64. The third kappa shape index (κ3) is 6.00. The van der Waals surface area contributed by atoms with Crippen molar-refractivity contribution in [2.45, 2.75) is 31.8 Å². The lowest BCUT2D eigenvalue weighted by Crippen LogP contribution is -2.33. The normalized spacial score (nSPS) is 17.9. The summed E-state index contributed by atoms with van der Waals surface area (Å²) < 4.78 is 5.69. The molecule has 0 bridgehead atoms. The number of nitrogens with two attached hydrogens (primary N) is 1. The first-order valence-corrected chi connectivity index (χ1v) is 8.04. The van der Waals surface area contributed by atoms with Crippen LogP contribution >= 0.6 is 0 Å². The van der Waals surface area contributed by atoms with Crippen molar-refractivity contribution in [3.05, 3.63) is 29.8 Å². The van der Waals surface area contributed by atoms with Crippen molar-refractivity contribution < 1.29 is 14.3 Å². The zero-order chi connectivity index (χ0) is 16.7. The molecular formula is C17H25N3O3. The van der Waals surface area contributed by atoms with Crippen LogP contribution in [-0.4, -0.2) is 49.6 Å². The number of benzene rings is 1. The molecule has 0 saturated carbocycles. The van der Waals surface area contributed by atoms with Crippen molar-refractivity contribution in [2.24, 2.45) is 5.73 Å². The van der Waals surface area contributed by atoms with Crippen molar-refractivity contribution in [3.63, 3.8) is 0 Å². The third-order valence-corrected chi connectivity index (χ3v) is 3.97. The minimum Gasteiger partial charge on any atom is -0.378 e. The number of hydrogen-bond donors (Lipinski definition) is 2. The summed E-state index contributed by atoms with van der Waals surface area (Å²) in [6, 6.07) is 6.55. The average molecular weight is 319 g/mol. The zero-order valence-electron chi connectivity index (χ0n) is 13.6. The van der Waals surface area contributed by atoms with Crippen LogP contribution in [0.4, 0.5) is 5.69 Å². The number of nitrogens with one attached hydrogen (secondary N) is 1. The Morgan fingerprint density at radius 3 is 2.65 bits per heavy atom. The summed E-state index contributed by atoms with van der Waals surface area (Å²) in [5.74, 6) is -0.559. The summed E-state index contributed by atoms with van der Waals surface area (Å²) >= 11 is 0. The van der Waals surface area contributed by atoms with E-state index in [0.29, 0.717) is 23.9 Å². The van der Waals surface area contributed by atoms with Crippen molar-refractivity contribution in [3.8, 4) is 0 Å². The number of ether oxygens (including phenoxy) is 1. The van der Waals surface area contributed by atoms with E-state index in [1.54, 1.807) is 24.3 Å². The summed E-state index contributed by atoms with van der Waals surface area (Å²) in [5, 5.41) is 2.81. The van der Waals surface area contributed by atoms with E-state index in [9.17, 15) is 9.59 Å². The fraction of sp³-hybridized carbons (Fsp3) is 0.529. The van der Waals surface area contributed by atoms with Crippen molar-refractivity contribution >= 4 is 17.5 Å². The van der Waals surface area contributed by atoms with Crippen molar-refractivity contribution in [1.82, 2.24) is 4.90 Å². The number of anilines is 1. The van der Waals surface area contributed by atoms with E-state index in [2.05, 4.69) is 5.32 Å². The summed E-state index contributed by atoms with van der Waals surface area (Å²) in [6.07, 6.45) is 4.79. The van der Waals surface area contributed by atoms with Crippen LogP contribution in [0.3, 0.4) is 0 Å². The minimum absolute atomic E-state index is 0.0797. The molecule has 1 heterocycles. The molecule has 2 amide bonds. The maximum atomic E-state index is 12.0. The number of hydrogen-bond acceptors (Lipinski definition) is 4. The summed E-state index contributed by atoms with van der Waals surface area (Å²) in [6.45, 7) is 2.01. The number of carbonyl (C=O) groups excluding carboxylic acids is 2. The molecule has 1 fully saturated rings. The van der Waals surface area contributed by atoms with E-state index in [-0.39, 0.29) is 5.91 Å². The van der Waals surface area contributed by atoms with Crippen LogP contribution < -0.4 is 11.1 Å². The molecule has 1 saturated heterocycles. The molecular weight excluding hydrogens is 294 g/mol. The highest BCUT2D eigenvalue weighted by Crippen LogP contribution is 2.15. The molecule has 1 aromatic carbocycles. The van der Waals surface area contributed by atoms with Crippen LogP contribution in [0.2, 0.25) is 0 Å². The molecule has 3 N–H and O–H groups in total. The van der Waals surface area contributed by atoms with Gasteiger partial charge in [-0.2, -0.15) is 0 Å². The van der Waals surface area contributed by atoms with E-state index in [1.807, 2.05) is 11.9 Å². The monoisotopic (exact) mass is 319 g/mol. The number of carbonyl (C=O) groups is 2. The van der Waals surface area contributed by atoms with E-state index < -0.39 is 5.91 Å². The first kappa shape index (κ1) is 17.4. The highest BCUT2D eigenvalue weighted by molar-refractivity contribution is 5.95. The molecule has 0 unspecified atom stereocenters. The summed E-state index contributed by atoms with van der Waals surface area (Å²) in [7, 11) is 1.93. The van der Waals surface area contributed by atoms with Gasteiger partial charge in [0.25, 0.3) is 0 Å². The minimum atomic E-state index is -0.479. The Morgan fingerprint density at radius 1 is 1.30 bits per heavy atom. The molecule has 6 heteroatoms. The maximum absolute atomic E-state index is 12.0. The smallest absolute Gasteiger partial charge is 0.248 e. The van der Waals surface area contributed by atoms with Crippen LogP contribution in [0.25, 0.3) is 0 Å². The Hall–Kier alpha value is -1.92. The van der Waals surface area contributed by atoms with Gasteiger partial charge in [0.15, 0.2) is 0 Å². The first-order valence-electron chi connectivity index (χ1n) is 8.04. The van der Waals surface area contributed by atoms with Gasteiger partial charge in [0.2, 0.25) is 11.8 Å². The molecule has 0 spiro atoms.